The van der Waals surface area contributed by atoms with Gasteiger partial charge in [-0.3, -0.25) is 14.7 Å². The summed E-state index contributed by atoms with van der Waals surface area (Å²) in [7, 11) is -4.36. The van der Waals surface area contributed by atoms with E-state index in [-0.39, 0.29) is 11.2 Å². The molecule has 0 aromatic heterocycles. The van der Waals surface area contributed by atoms with Gasteiger partial charge in [-0.05, 0) is 44.2 Å². The maximum atomic E-state index is 10.5. The second-order valence-electron chi connectivity index (χ2n) is 11.8. The van der Waals surface area contributed by atoms with E-state index in [1.807, 2.05) is 0 Å². The zero-order chi connectivity index (χ0) is 30.6. The molecule has 2 rings (SSSR count). The lowest BCUT2D eigenvalue weighted by molar-refractivity contribution is -0.385. The summed E-state index contributed by atoms with van der Waals surface area (Å²) in [6.45, 7) is 6.69. The molecule has 41 heavy (non-hydrogen) atoms. The monoisotopic (exact) mass is 590 g/mol. The number of nitrogens with two attached hydrogens (primary N) is 1. The van der Waals surface area contributed by atoms with E-state index in [2.05, 4.69) is 51.1 Å². The quantitative estimate of drug-likeness (QED) is 0.0685. The molecule has 0 aliphatic heterocycles. The number of unbranched alkanes of at least 4 members (excludes halogenated alkanes) is 13. The minimum Gasteiger partial charge on any atom is -0.325 e. The number of nitro groups is 1. The second kappa shape index (κ2) is 20.6. The topological polar surface area (TPSA) is 124 Å². The first kappa shape index (κ1) is 36.7. The van der Waals surface area contributed by atoms with Crippen LogP contribution in [0.1, 0.15) is 123 Å². The Morgan fingerprint density at radius 2 is 1.29 bits per heavy atom. The molecule has 1 unspecified atom stereocenters. The molecule has 1 atom stereocenters. The number of non-ortho nitro benzene ring substituents is 1. The standard InChI is InChI=1S/C27H49N.C6H5NO5S/c1-4-5-6-7-8-9-10-11-12-13-14-15-16-20-23-26(27(2,3)28)24-25-21-18-17-19-22-25;8-7(9)5-2-1-3-6(4-5)13(10,11)12/h17-19,21-22,26H,4-16,20,23-24,28H2,1-3H3;1-4H,(H,10,11,12). The van der Waals surface area contributed by atoms with E-state index in [0.29, 0.717) is 5.92 Å². The van der Waals surface area contributed by atoms with Crippen LogP contribution in [0.25, 0.3) is 0 Å². The highest BCUT2D eigenvalue weighted by Crippen LogP contribution is 2.25. The third-order valence-corrected chi connectivity index (χ3v) is 8.46. The maximum absolute atomic E-state index is 10.5. The van der Waals surface area contributed by atoms with Gasteiger partial charge >= 0.3 is 0 Å². The Kier molecular flexibility index (Phi) is 18.4. The summed E-state index contributed by atoms with van der Waals surface area (Å²) in [6.07, 6.45) is 22.3. The van der Waals surface area contributed by atoms with Crippen molar-refractivity contribution in [2.24, 2.45) is 11.7 Å². The van der Waals surface area contributed by atoms with E-state index < -0.39 is 19.9 Å². The van der Waals surface area contributed by atoms with Crippen LogP contribution < -0.4 is 5.73 Å². The highest BCUT2D eigenvalue weighted by molar-refractivity contribution is 7.85. The van der Waals surface area contributed by atoms with Gasteiger partial charge in [-0.1, -0.05) is 133 Å². The van der Waals surface area contributed by atoms with Crippen molar-refractivity contribution < 1.29 is 17.9 Å². The predicted molar refractivity (Wildman–Crippen MR) is 170 cm³/mol. The molecule has 0 bridgehead atoms. The molecule has 0 saturated heterocycles. The Hall–Kier alpha value is -2.29. The van der Waals surface area contributed by atoms with E-state index in [9.17, 15) is 18.5 Å². The first-order chi connectivity index (χ1) is 19.4. The van der Waals surface area contributed by atoms with Crippen LogP contribution in [0.3, 0.4) is 0 Å². The molecule has 0 radical (unpaired) electrons. The molecule has 0 aliphatic rings. The van der Waals surface area contributed by atoms with Crippen molar-refractivity contribution in [2.45, 2.75) is 134 Å². The molecule has 3 N–H and O–H groups in total. The predicted octanol–water partition coefficient (Wildman–Crippen LogP) is 9.30. The van der Waals surface area contributed by atoms with Crippen LogP contribution in [0.4, 0.5) is 5.69 Å². The lowest BCUT2D eigenvalue weighted by Crippen LogP contribution is -2.42. The molecule has 2 aromatic rings. The van der Waals surface area contributed by atoms with Gasteiger partial charge in [-0.25, -0.2) is 0 Å². The molecule has 2 aromatic carbocycles. The normalized spacial score (nSPS) is 12.4. The summed E-state index contributed by atoms with van der Waals surface area (Å²) in [5, 5.41) is 10.2. The van der Waals surface area contributed by atoms with Crippen molar-refractivity contribution in [3.8, 4) is 0 Å². The molecule has 232 valence electrons. The zero-order valence-corrected chi connectivity index (χ0v) is 26.4. The third kappa shape index (κ3) is 18.0. The van der Waals surface area contributed by atoms with Crippen molar-refractivity contribution in [1.82, 2.24) is 0 Å². The van der Waals surface area contributed by atoms with Gasteiger partial charge in [0.2, 0.25) is 0 Å². The molecule has 0 spiro atoms. The number of nitro benzene ring substituents is 1. The van der Waals surface area contributed by atoms with Crippen LogP contribution >= 0.6 is 0 Å². The average molecular weight is 591 g/mol. The van der Waals surface area contributed by atoms with Crippen molar-refractivity contribution in [3.05, 3.63) is 70.3 Å². The summed E-state index contributed by atoms with van der Waals surface area (Å²) in [4.78, 5) is 8.98. The van der Waals surface area contributed by atoms with Gasteiger partial charge in [-0.2, -0.15) is 8.42 Å². The average Bonchev–Trinajstić information content (AvgIpc) is 2.92. The molecule has 7 nitrogen and oxygen atoms in total. The fourth-order valence-corrected chi connectivity index (χ4v) is 5.50. The van der Waals surface area contributed by atoms with Crippen molar-refractivity contribution in [3.63, 3.8) is 0 Å². The van der Waals surface area contributed by atoms with Crippen LogP contribution in [-0.4, -0.2) is 23.4 Å². The number of rotatable bonds is 20. The lowest BCUT2D eigenvalue weighted by Gasteiger charge is -2.31. The van der Waals surface area contributed by atoms with E-state index in [0.717, 1.165) is 24.6 Å². The van der Waals surface area contributed by atoms with Gasteiger partial charge in [0.25, 0.3) is 15.8 Å². The lowest BCUT2D eigenvalue weighted by atomic mass is 9.80. The summed E-state index contributed by atoms with van der Waals surface area (Å²) >= 11 is 0. The Bertz CT molecular complexity index is 1070. The smallest absolute Gasteiger partial charge is 0.294 e. The molecular formula is C33H54N2O5S. The Morgan fingerprint density at radius 1 is 0.805 bits per heavy atom. The van der Waals surface area contributed by atoms with Gasteiger partial charge in [0, 0.05) is 17.7 Å². The minimum absolute atomic E-state index is 0.0909. The molecule has 0 saturated carbocycles. The Balaban J connectivity index is 0.000000537. The van der Waals surface area contributed by atoms with Gasteiger partial charge in [0.05, 0.1) is 4.92 Å². The molecular weight excluding hydrogens is 536 g/mol. The van der Waals surface area contributed by atoms with Gasteiger partial charge in [-0.15, -0.1) is 0 Å². The van der Waals surface area contributed by atoms with E-state index in [1.165, 1.54) is 108 Å². The van der Waals surface area contributed by atoms with E-state index in [4.69, 9.17) is 10.3 Å². The Morgan fingerprint density at radius 3 is 1.73 bits per heavy atom. The third-order valence-electron chi connectivity index (χ3n) is 7.61. The fourth-order valence-electron chi connectivity index (χ4n) is 4.98. The molecule has 8 heteroatoms. The second-order valence-corrected chi connectivity index (χ2v) is 13.2. The number of hydrogen-bond acceptors (Lipinski definition) is 5. The van der Waals surface area contributed by atoms with Crippen LogP contribution in [0, 0.1) is 16.0 Å². The first-order valence-corrected chi connectivity index (χ1v) is 16.9. The minimum atomic E-state index is -4.36. The molecule has 0 amide bonds. The Labute approximate surface area is 249 Å². The molecule has 0 heterocycles. The fraction of sp³-hybridized carbons (Fsp3) is 0.636. The summed E-state index contributed by atoms with van der Waals surface area (Å²) in [5.74, 6) is 0.576. The molecule has 0 aliphatic carbocycles. The summed E-state index contributed by atoms with van der Waals surface area (Å²) in [5.41, 5.74) is 7.44. The van der Waals surface area contributed by atoms with Crippen molar-refractivity contribution >= 4 is 15.8 Å². The number of benzene rings is 2. The van der Waals surface area contributed by atoms with Crippen molar-refractivity contribution in [2.75, 3.05) is 0 Å². The van der Waals surface area contributed by atoms with Gasteiger partial charge < -0.3 is 5.73 Å². The van der Waals surface area contributed by atoms with Crippen molar-refractivity contribution in [1.29, 1.82) is 0 Å². The molecule has 0 fully saturated rings. The summed E-state index contributed by atoms with van der Waals surface area (Å²) in [6, 6.07) is 15.0. The number of hydrogen-bond donors (Lipinski definition) is 2. The van der Waals surface area contributed by atoms with Crippen LogP contribution in [0.5, 0.6) is 0 Å². The summed E-state index contributed by atoms with van der Waals surface area (Å²) < 4.78 is 29.6. The van der Waals surface area contributed by atoms with Gasteiger partial charge in [0.15, 0.2) is 0 Å². The van der Waals surface area contributed by atoms with E-state index in [1.54, 1.807) is 0 Å². The van der Waals surface area contributed by atoms with Crippen LogP contribution in [0.15, 0.2) is 59.5 Å². The maximum Gasteiger partial charge on any atom is 0.294 e. The van der Waals surface area contributed by atoms with Gasteiger partial charge in [0.1, 0.15) is 4.90 Å². The zero-order valence-electron chi connectivity index (χ0n) is 25.6. The largest absolute Gasteiger partial charge is 0.325 e. The van der Waals surface area contributed by atoms with E-state index >= 15 is 0 Å². The van der Waals surface area contributed by atoms with Crippen LogP contribution in [0.2, 0.25) is 0 Å². The number of nitrogens with zero attached hydrogens (tertiary/aromatic N) is 1. The highest BCUT2D eigenvalue weighted by atomic mass is 32.2. The highest BCUT2D eigenvalue weighted by Gasteiger charge is 2.24. The van der Waals surface area contributed by atoms with Crippen LogP contribution in [-0.2, 0) is 16.5 Å². The first-order valence-electron chi connectivity index (χ1n) is 15.5. The SMILES string of the molecule is CCCCCCCCCCCCCCCCC(Cc1ccccc1)C(C)(C)N.O=[N+]([O-])c1cccc(S(=O)(=O)O)c1.